The first-order valence-electron chi connectivity index (χ1n) is 5.69. The Bertz CT molecular complexity index is 210. The molecule has 0 radical (unpaired) electrons. The van der Waals surface area contributed by atoms with E-state index in [0.717, 1.165) is 19.3 Å². The topological polar surface area (TPSA) is 58.6 Å². The van der Waals surface area contributed by atoms with E-state index in [2.05, 4.69) is 5.32 Å². The predicted octanol–water partition coefficient (Wildman–Crippen LogP) is 2.02. The molecule has 0 bridgehead atoms. The number of hydrogen-bond acceptors (Lipinski definition) is 3. The van der Waals surface area contributed by atoms with Gasteiger partial charge in [-0.15, -0.1) is 0 Å². The number of ether oxygens (including phenoxy) is 1. The van der Waals surface area contributed by atoms with E-state index in [1.165, 1.54) is 0 Å². The van der Waals surface area contributed by atoms with Crippen LogP contribution in [0.3, 0.4) is 0 Å². The van der Waals surface area contributed by atoms with Crippen molar-refractivity contribution in [1.82, 2.24) is 5.32 Å². The normalized spacial score (nSPS) is 20.0. The van der Waals surface area contributed by atoms with Gasteiger partial charge < -0.3 is 9.84 Å². The zero-order valence-electron chi connectivity index (χ0n) is 9.58. The van der Waals surface area contributed by atoms with Crippen molar-refractivity contribution in [3.63, 3.8) is 0 Å². The van der Waals surface area contributed by atoms with Crippen molar-refractivity contribution in [3.8, 4) is 0 Å². The van der Waals surface area contributed by atoms with Crippen molar-refractivity contribution in [2.45, 2.75) is 51.7 Å². The third kappa shape index (κ3) is 4.51. The number of alkyl carbamates (subject to hydrolysis) is 1. The molecule has 0 unspecified atom stereocenters. The Balaban J connectivity index is 2.29. The van der Waals surface area contributed by atoms with Crippen LogP contribution in [0.2, 0.25) is 0 Å². The molecule has 4 heteroatoms. The van der Waals surface area contributed by atoms with Gasteiger partial charge >= 0.3 is 6.09 Å². The van der Waals surface area contributed by atoms with Crippen LogP contribution < -0.4 is 5.32 Å². The summed E-state index contributed by atoms with van der Waals surface area (Å²) in [6, 6.07) is 0. The highest BCUT2D eigenvalue weighted by Crippen LogP contribution is 2.25. The van der Waals surface area contributed by atoms with E-state index in [0.29, 0.717) is 25.4 Å². The molecule has 88 valence electrons. The lowest BCUT2D eigenvalue weighted by Gasteiger charge is -2.32. The second-order valence-electron chi connectivity index (χ2n) is 4.71. The Labute approximate surface area is 91.0 Å². The van der Waals surface area contributed by atoms with Crippen LogP contribution >= 0.6 is 0 Å². The van der Waals surface area contributed by atoms with Crippen LogP contribution in [-0.2, 0) is 4.74 Å². The van der Waals surface area contributed by atoms with Crippen LogP contribution in [0, 0.1) is 5.92 Å². The summed E-state index contributed by atoms with van der Waals surface area (Å²) in [5.74, 6) is 0.316. The molecular weight excluding hydrogens is 194 g/mol. The third-order valence-corrected chi connectivity index (χ3v) is 2.56. The Kier molecular flexibility index (Phi) is 4.39. The molecule has 1 amide bonds. The maximum absolute atomic E-state index is 11.3. The molecular formula is C11H21NO3. The minimum atomic E-state index is -1.04. The van der Waals surface area contributed by atoms with E-state index < -0.39 is 11.8 Å². The van der Waals surface area contributed by atoms with Gasteiger partial charge in [0.15, 0.2) is 0 Å². The zero-order valence-corrected chi connectivity index (χ0v) is 9.58. The summed E-state index contributed by atoms with van der Waals surface area (Å²) in [6.07, 6.45) is 3.80. The molecule has 15 heavy (non-hydrogen) atoms. The summed E-state index contributed by atoms with van der Waals surface area (Å²) in [5.41, 5.74) is -1.04. The molecule has 0 atom stereocenters. The number of amides is 1. The van der Waals surface area contributed by atoms with Crippen molar-refractivity contribution in [1.29, 1.82) is 0 Å². The lowest BCUT2D eigenvalue weighted by molar-refractivity contribution is -0.0270. The Morgan fingerprint density at radius 2 is 2.00 bits per heavy atom. The summed E-state index contributed by atoms with van der Waals surface area (Å²) >= 11 is 0. The van der Waals surface area contributed by atoms with Crippen molar-refractivity contribution in [2.24, 2.45) is 5.92 Å². The van der Waals surface area contributed by atoms with Crippen molar-refractivity contribution < 1.29 is 14.6 Å². The molecule has 1 fully saturated rings. The molecule has 0 aliphatic heterocycles. The van der Waals surface area contributed by atoms with Crippen LogP contribution in [0.5, 0.6) is 0 Å². The van der Waals surface area contributed by atoms with Crippen LogP contribution in [0.15, 0.2) is 0 Å². The van der Waals surface area contributed by atoms with Gasteiger partial charge in [-0.25, -0.2) is 4.79 Å². The zero-order chi connectivity index (χ0) is 11.3. The van der Waals surface area contributed by atoms with Gasteiger partial charge in [-0.05, 0) is 31.6 Å². The average Bonchev–Trinajstić information content (AvgIpc) is 2.15. The van der Waals surface area contributed by atoms with E-state index in [9.17, 15) is 9.90 Å². The standard InChI is InChI=1S/C11H21NO3/c1-9(2)8-15-10(13)12-11(14)6-4-3-5-7-11/h9,14H,3-8H2,1-2H3,(H,12,13). The summed E-state index contributed by atoms with van der Waals surface area (Å²) < 4.78 is 4.96. The average molecular weight is 215 g/mol. The number of rotatable bonds is 3. The quantitative estimate of drug-likeness (QED) is 0.708. The lowest BCUT2D eigenvalue weighted by Crippen LogP contribution is -2.49. The first-order chi connectivity index (χ1) is 7.02. The van der Waals surface area contributed by atoms with Crippen LogP contribution in [0.4, 0.5) is 4.79 Å². The smallest absolute Gasteiger partial charge is 0.409 e. The molecule has 1 rings (SSSR count). The molecule has 0 aromatic rings. The number of carbonyl (C=O) groups is 1. The second-order valence-corrected chi connectivity index (χ2v) is 4.71. The number of aliphatic hydroxyl groups is 1. The molecule has 0 spiro atoms. The fraction of sp³-hybridized carbons (Fsp3) is 0.909. The van der Waals surface area contributed by atoms with Crippen LogP contribution in [0.1, 0.15) is 46.0 Å². The van der Waals surface area contributed by atoms with E-state index in [4.69, 9.17) is 4.74 Å². The van der Waals surface area contributed by atoms with E-state index in [1.807, 2.05) is 13.8 Å². The van der Waals surface area contributed by atoms with Crippen molar-refractivity contribution >= 4 is 6.09 Å². The molecule has 0 aromatic heterocycles. The van der Waals surface area contributed by atoms with Gasteiger partial charge in [-0.3, -0.25) is 5.32 Å². The van der Waals surface area contributed by atoms with Crippen LogP contribution in [-0.4, -0.2) is 23.5 Å². The minimum absolute atomic E-state index is 0.316. The first-order valence-corrected chi connectivity index (χ1v) is 5.69. The predicted molar refractivity (Wildman–Crippen MR) is 57.4 cm³/mol. The number of nitrogens with one attached hydrogen (secondary N) is 1. The SMILES string of the molecule is CC(C)COC(=O)NC1(O)CCCCC1. The number of carbonyl (C=O) groups excluding carboxylic acids is 1. The summed E-state index contributed by atoms with van der Waals surface area (Å²) in [4.78, 5) is 11.3. The highest BCUT2D eigenvalue weighted by molar-refractivity contribution is 5.67. The maximum atomic E-state index is 11.3. The summed E-state index contributed by atoms with van der Waals surface area (Å²) in [5, 5.41) is 12.5. The van der Waals surface area contributed by atoms with E-state index in [1.54, 1.807) is 0 Å². The first kappa shape index (κ1) is 12.3. The van der Waals surface area contributed by atoms with Gasteiger partial charge in [0, 0.05) is 0 Å². The second kappa shape index (κ2) is 5.35. The van der Waals surface area contributed by atoms with Gasteiger partial charge in [0.1, 0.15) is 5.72 Å². The largest absolute Gasteiger partial charge is 0.449 e. The van der Waals surface area contributed by atoms with Crippen molar-refractivity contribution in [2.75, 3.05) is 6.61 Å². The molecule has 4 nitrogen and oxygen atoms in total. The fourth-order valence-corrected chi connectivity index (χ4v) is 1.73. The highest BCUT2D eigenvalue weighted by Gasteiger charge is 2.31. The van der Waals surface area contributed by atoms with E-state index >= 15 is 0 Å². The minimum Gasteiger partial charge on any atom is -0.449 e. The number of hydrogen-bond donors (Lipinski definition) is 2. The third-order valence-electron chi connectivity index (χ3n) is 2.56. The Hall–Kier alpha value is -0.770. The van der Waals surface area contributed by atoms with Gasteiger partial charge in [-0.1, -0.05) is 20.3 Å². The summed E-state index contributed by atoms with van der Waals surface area (Å²) in [6.45, 7) is 4.34. The Morgan fingerprint density at radius 1 is 1.40 bits per heavy atom. The molecule has 0 saturated heterocycles. The van der Waals surface area contributed by atoms with Crippen LogP contribution in [0.25, 0.3) is 0 Å². The molecule has 1 saturated carbocycles. The highest BCUT2D eigenvalue weighted by atomic mass is 16.6. The molecule has 1 aliphatic rings. The molecule has 2 N–H and O–H groups in total. The van der Waals surface area contributed by atoms with Gasteiger partial charge in [0.2, 0.25) is 0 Å². The van der Waals surface area contributed by atoms with Gasteiger partial charge in [0.25, 0.3) is 0 Å². The lowest BCUT2D eigenvalue weighted by atomic mass is 9.92. The van der Waals surface area contributed by atoms with Gasteiger partial charge in [0.05, 0.1) is 6.61 Å². The molecule has 1 aliphatic carbocycles. The van der Waals surface area contributed by atoms with E-state index in [-0.39, 0.29) is 0 Å². The Morgan fingerprint density at radius 3 is 2.53 bits per heavy atom. The fourth-order valence-electron chi connectivity index (χ4n) is 1.73. The molecule has 0 heterocycles. The monoisotopic (exact) mass is 215 g/mol. The molecule has 0 aromatic carbocycles. The maximum Gasteiger partial charge on any atom is 0.409 e. The van der Waals surface area contributed by atoms with Crippen molar-refractivity contribution in [3.05, 3.63) is 0 Å². The summed E-state index contributed by atoms with van der Waals surface area (Å²) in [7, 11) is 0. The van der Waals surface area contributed by atoms with Gasteiger partial charge in [-0.2, -0.15) is 0 Å².